The molecule has 4 rings (SSSR count). The summed E-state index contributed by atoms with van der Waals surface area (Å²) in [6.07, 6.45) is 0.239. The molecule has 0 heterocycles. The van der Waals surface area contributed by atoms with Crippen LogP contribution in [0.15, 0.2) is 112 Å². The molecule has 0 fully saturated rings. The molecule has 2 amide bonds. The first kappa shape index (κ1) is 35.7. The highest BCUT2D eigenvalue weighted by Crippen LogP contribution is 2.28. The Morgan fingerprint density at radius 2 is 1.47 bits per heavy atom. The molecule has 0 spiro atoms. The van der Waals surface area contributed by atoms with Gasteiger partial charge in [0.25, 0.3) is 10.0 Å². The van der Waals surface area contributed by atoms with Gasteiger partial charge >= 0.3 is 0 Å². The van der Waals surface area contributed by atoms with Crippen LogP contribution in [-0.2, 0) is 32.6 Å². The van der Waals surface area contributed by atoms with Crippen LogP contribution in [0.4, 0.5) is 5.69 Å². The summed E-state index contributed by atoms with van der Waals surface area (Å²) in [4.78, 5) is 30.1. The standard InChI is InChI=1S/C37H42BrN3O5S/c1-6-46-32-20-18-31(19-21-32)41(47(44,45)33-22-16-30(38)17-23-33)26-35(42)40(25-29-14-12-27(2)13-15-29)34(36(43)39-37(3,4)5)24-28-10-8-7-9-11-28/h7-23,34H,6,24-26H2,1-5H3,(H,39,43)/t34-/m1/s1. The van der Waals surface area contributed by atoms with Crippen LogP contribution in [0.5, 0.6) is 5.75 Å². The first-order chi connectivity index (χ1) is 22.3. The number of sulfonamides is 1. The molecule has 4 aromatic rings. The van der Waals surface area contributed by atoms with Crippen molar-refractivity contribution in [1.29, 1.82) is 0 Å². The van der Waals surface area contributed by atoms with Crippen molar-refractivity contribution in [1.82, 2.24) is 10.2 Å². The Balaban J connectivity index is 1.81. The molecule has 0 radical (unpaired) electrons. The predicted molar refractivity (Wildman–Crippen MR) is 190 cm³/mol. The molecule has 0 aliphatic rings. The lowest BCUT2D eigenvalue weighted by molar-refractivity contribution is -0.140. The number of benzene rings is 4. The van der Waals surface area contributed by atoms with Crippen molar-refractivity contribution in [2.45, 2.75) is 64.1 Å². The van der Waals surface area contributed by atoms with Crippen molar-refractivity contribution >= 4 is 43.5 Å². The SMILES string of the molecule is CCOc1ccc(N(CC(=O)N(Cc2ccc(C)cc2)[C@H](Cc2ccccc2)C(=O)NC(C)(C)C)S(=O)(=O)c2ccc(Br)cc2)cc1. The average Bonchev–Trinajstić information content (AvgIpc) is 3.03. The fourth-order valence-electron chi connectivity index (χ4n) is 5.03. The summed E-state index contributed by atoms with van der Waals surface area (Å²) >= 11 is 3.37. The molecule has 0 bridgehead atoms. The quantitative estimate of drug-likeness (QED) is 0.162. The Hall–Kier alpha value is -4.15. The summed E-state index contributed by atoms with van der Waals surface area (Å²) in [5, 5.41) is 3.05. The van der Waals surface area contributed by atoms with Crippen molar-refractivity contribution in [3.63, 3.8) is 0 Å². The number of halogens is 1. The van der Waals surface area contributed by atoms with E-state index in [0.29, 0.717) is 18.0 Å². The molecular formula is C37H42BrN3O5S. The number of ether oxygens (including phenoxy) is 1. The average molecular weight is 721 g/mol. The smallest absolute Gasteiger partial charge is 0.264 e. The van der Waals surface area contributed by atoms with Crippen molar-refractivity contribution in [2.24, 2.45) is 0 Å². The second-order valence-corrected chi connectivity index (χ2v) is 15.1. The van der Waals surface area contributed by atoms with Gasteiger partial charge in [-0.05, 0) is 94.3 Å². The molecule has 0 aliphatic heterocycles. The number of aryl methyl sites for hydroxylation is 1. The zero-order chi connectivity index (χ0) is 34.2. The first-order valence-electron chi connectivity index (χ1n) is 15.5. The van der Waals surface area contributed by atoms with Crippen LogP contribution in [0.2, 0.25) is 0 Å². The third-order valence-corrected chi connectivity index (χ3v) is 9.68. The number of nitrogens with one attached hydrogen (secondary N) is 1. The molecule has 0 unspecified atom stereocenters. The molecular weight excluding hydrogens is 678 g/mol. The summed E-state index contributed by atoms with van der Waals surface area (Å²) < 4.78 is 35.8. The topological polar surface area (TPSA) is 96.0 Å². The van der Waals surface area contributed by atoms with Gasteiger partial charge in [0.05, 0.1) is 17.2 Å². The monoisotopic (exact) mass is 719 g/mol. The third kappa shape index (κ3) is 9.92. The molecule has 0 aliphatic carbocycles. The van der Waals surface area contributed by atoms with Gasteiger partial charge in [-0.3, -0.25) is 13.9 Å². The molecule has 8 nitrogen and oxygen atoms in total. The number of hydrogen-bond donors (Lipinski definition) is 1. The number of carbonyl (C=O) groups excluding carboxylic acids is 2. The van der Waals surface area contributed by atoms with Crippen LogP contribution in [-0.4, -0.2) is 49.9 Å². The van der Waals surface area contributed by atoms with Gasteiger partial charge in [0.2, 0.25) is 11.8 Å². The zero-order valence-electron chi connectivity index (χ0n) is 27.4. The van der Waals surface area contributed by atoms with Crippen LogP contribution in [0, 0.1) is 6.92 Å². The number of carbonyl (C=O) groups is 2. The Labute approximate surface area is 286 Å². The van der Waals surface area contributed by atoms with Crippen LogP contribution in [0.1, 0.15) is 44.4 Å². The van der Waals surface area contributed by atoms with Crippen LogP contribution < -0.4 is 14.4 Å². The van der Waals surface area contributed by atoms with E-state index in [0.717, 1.165) is 25.5 Å². The highest BCUT2D eigenvalue weighted by molar-refractivity contribution is 9.10. The lowest BCUT2D eigenvalue weighted by Gasteiger charge is -2.35. The van der Waals surface area contributed by atoms with Gasteiger partial charge in [0, 0.05) is 23.0 Å². The van der Waals surface area contributed by atoms with Crippen LogP contribution in [0.3, 0.4) is 0 Å². The molecule has 0 saturated heterocycles. The fraction of sp³-hybridized carbons (Fsp3) is 0.297. The Bertz CT molecular complexity index is 1740. The number of hydrogen-bond acceptors (Lipinski definition) is 5. The summed E-state index contributed by atoms with van der Waals surface area (Å²) in [5.74, 6) is -0.276. The maximum absolute atomic E-state index is 14.6. The Morgan fingerprint density at radius 3 is 2.04 bits per heavy atom. The van der Waals surface area contributed by atoms with E-state index in [1.165, 1.54) is 17.0 Å². The van der Waals surface area contributed by atoms with Gasteiger partial charge in [-0.2, -0.15) is 0 Å². The number of rotatable bonds is 13. The van der Waals surface area contributed by atoms with E-state index in [1.54, 1.807) is 36.4 Å². The predicted octanol–water partition coefficient (Wildman–Crippen LogP) is 6.91. The van der Waals surface area contributed by atoms with Crippen LogP contribution in [0.25, 0.3) is 0 Å². The van der Waals surface area contributed by atoms with E-state index < -0.39 is 34.1 Å². The third-order valence-electron chi connectivity index (χ3n) is 7.36. The van der Waals surface area contributed by atoms with Crippen molar-refractivity contribution in [3.8, 4) is 5.75 Å². The maximum atomic E-state index is 14.6. The summed E-state index contributed by atoms with van der Waals surface area (Å²) in [6.45, 7) is 9.51. The minimum Gasteiger partial charge on any atom is -0.494 e. The van der Waals surface area contributed by atoms with Crippen molar-refractivity contribution in [3.05, 3.63) is 124 Å². The highest BCUT2D eigenvalue weighted by Gasteiger charge is 2.35. The van der Waals surface area contributed by atoms with Gasteiger partial charge in [0.15, 0.2) is 0 Å². The molecule has 0 saturated carbocycles. The molecule has 0 aromatic heterocycles. The van der Waals surface area contributed by atoms with E-state index in [9.17, 15) is 18.0 Å². The maximum Gasteiger partial charge on any atom is 0.264 e. The summed E-state index contributed by atoms with van der Waals surface area (Å²) in [7, 11) is -4.21. The Morgan fingerprint density at radius 1 is 0.851 bits per heavy atom. The molecule has 1 N–H and O–H groups in total. The molecule has 4 aromatic carbocycles. The normalized spacial score (nSPS) is 12.2. The van der Waals surface area contributed by atoms with Gasteiger partial charge in [-0.15, -0.1) is 0 Å². The van der Waals surface area contributed by atoms with E-state index in [4.69, 9.17) is 4.74 Å². The fourth-order valence-corrected chi connectivity index (χ4v) is 6.71. The van der Waals surface area contributed by atoms with Crippen LogP contribution >= 0.6 is 15.9 Å². The highest BCUT2D eigenvalue weighted by atomic mass is 79.9. The van der Waals surface area contributed by atoms with E-state index in [2.05, 4.69) is 21.2 Å². The van der Waals surface area contributed by atoms with Gasteiger partial charge in [0.1, 0.15) is 18.3 Å². The lowest BCUT2D eigenvalue weighted by atomic mass is 10.0. The molecule has 47 heavy (non-hydrogen) atoms. The minimum atomic E-state index is -4.21. The second kappa shape index (κ2) is 15.6. The van der Waals surface area contributed by atoms with Gasteiger partial charge in [-0.25, -0.2) is 8.42 Å². The molecule has 248 valence electrons. The minimum absolute atomic E-state index is 0.0266. The summed E-state index contributed by atoms with van der Waals surface area (Å²) in [6, 6.07) is 29.1. The van der Waals surface area contributed by atoms with E-state index >= 15 is 0 Å². The second-order valence-electron chi connectivity index (χ2n) is 12.3. The Kier molecular flexibility index (Phi) is 11.9. The molecule has 10 heteroatoms. The number of amides is 2. The first-order valence-corrected chi connectivity index (χ1v) is 17.7. The van der Waals surface area contributed by atoms with Gasteiger partial charge in [-0.1, -0.05) is 76.1 Å². The molecule has 1 atom stereocenters. The van der Waals surface area contributed by atoms with Crippen molar-refractivity contribution in [2.75, 3.05) is 17.5 Å². The zero-order valence-corrected chi connectivity index (χ0v) is 29.8. The van der Waals surface area contributed by atoms with Crippen molar-refractivity contribution < 1.29 is 22.7 Å². The number of anilines is 1. The van der Waals surface area contributed by atoms with Gasteiger partial charge < -0.3 is 15.0 Å². The summed E-state index contributed by atoms with van der Waals surface area (Å²) in [5.41, 5.74) is 2.46. The van der Waals surface area contributed by atoms with E-state index in [1.807, 2.05) is 89.2 Å². The lowest BCUT2D eigenvalue weighted by Crippen LogP contribution is -2.56. The largest absolute Gasteiger partial charge is 0.494 e. The van der Waals surface area contributed by atoms with E-state index in [-0.39, 0.29) is 23.8 Å². The number of nitrogens with zero attached hydrogens (tertiary/aromatic N) is 2.